The molecule has 0 saturated carbocycles. The zero-order valence-electron chi connectivity index (χ0n) is 11.9. The molecule has 5 rings (SSSR count). The van der Waals surface area contributed by atoms with Crippen molar-refractivity contribution in [2.45, 2.75) is 0 Å². The second-order valence-electron chi connectivity index (χ2n) is 5.30. The average Bonchev–Trinajstić information content (AvgIpc) is 3.19. The first-order valence-corrected chi connectivity index (χ1v) is 7.21. The molecule has 6 heteroatoms. The summed E-state index contributed by atoms with van der Waals surface area (Å²) in [7, 11) is 0. The molecule has 0 fully saturated rings. The summed E-state index contributed by atoms with van der Waals surface area (Å²) in [5, 5.41) is 12.3. The van der Waals surface area contributed by atoms with Crippen molar-refractivity contribution >= 4 is 44.5 Å². The minimum Gasteiger partial charge on any atom is -0.450 e. The molecular weight excluding hydrogens is 290 g/mol. The monoisotopic (exact) mass is 301 g/mol. The summed E-state index contributed by atoms with van der Waals surface area (Å²) < 4.78 is 5.92. The van der Waals surface area contributed by atoms with Crippen LogP contribution in [0.5, 0.6) is 0 Å². The van der Waals surface area contributed by atoms with Gasteiger partial charge < -0.3 is 9.73 Å². The first kappa shape index (κ1) is 12.2. The van der Waals surface area contributed by atoms with Gasteiger partial charge >= 0.3 is 0 Å². The maximum absolute atomic E-state index is 5.92. The average molecular weight is 301 g/mol. The van der Waals surface area contributed by atoms with Gasteiger partial charge in [0.1, 0.15) is 17.4 Å². The number of hydrogen-bond donors (Lipinski definition) is 2. The van der Waals surface area contributed by atoms with Gasteiger partial charge in [0, 0.05) is 16.5 Å². The summed E-state index contributed by atoms with van der Waals surface area (Å²) in [6.45, 7) is 0. The van der Waals surface area contributed by atoms with Crippen LogP contribution in [-0.4, -0.2) is 20.2 Å². The molecule has 0 saturated heterocycles. The maximum Gasteiger partial charge on any atom is 0.196 e. The number of furan rings is 1. The van der Waals surface area contributed by atoms with E-state index in [0.717, 1.165) is 33.1 Å². The number of H-pyrrole nitrogens is 1. The Morgan fingerprint density at radius 2 is 2.00 bits per heavy atom. The lowest BCUT2D eigenvalue weighted by atomic mass is 10.2. The van der Waals surface area contributed by atoms with E-state index < -0.39 is 0 Å². The van der Waals surface area contributed by atoms with Gasteiger partial charge in [-0.1, -0.05) is 12.1 Å². The number of rotatable bonds is 2. The predicted molar refractivity (Wildman–Crippen MR) is 88.7 cm³/mol. The summed E-state index contributed by atoms with van der Waals surface area (Å²) in [5.41, 5.74) is 4.13. The van der Waals surface area contributed by atoms with E-state index in [-0.39, 0.29) is 0 Å². The van der Waals surface area contributed by atoms with Crippen molar-refractivity contribution in [3.8, 4) is 0 Å². The zero-order chi connectivity index (χ0) is 15.2. The van der Waals surface area contributed by atoms with Crippen LogP contribution in [0.1, 0.15) is 0 Å². The molecule has 2 aromatic carbocycles. The van der Waals surface area contributed by atoms with Crippen molar-refractivity contribution in [1.82, 2.24) is 20.2 Å². The Morgan fingerprint density at radius 1 is 1.04 bits per heavy atom. The van der Waals surface area contributed by atoms with Gasteiger partial charge in [0.05, 0.1) is 11.7 Å². The van der Waals surface area contributed by atoms with Gasteiger partial charge in [-0.3, -0.25) is 5.10 Å². The highest BCUT2D eigenvalue weighted by molar-refractivity contribution is 6.05. The molecule has 2 N–H and O–H groups in total. The van der Waals surface area contributed by atoms with Crippen molar-refractivity contribution in [3.05, 3.63) is 55.0 Å². The number of fused-ring (bicyclic) bond motifs is 4. The van der Waals surface area contributed by atoms with Gasteiger partial charge in [0.15, 0.2) is 11.4 Å². The topological polar surface area (TPSA) is 79.6 Å². The van der Waals surface area contributed by atoms with Crippen LogP contribution >= 0.6 is 0 Å². The molecule has 0 aliphatic heterocycles. The standard InChI is InChI=1S/C17H11N5O/c1-2-4-14-12(3-1)15-16(23-14)17(19-9-18-15)21-11-6-5-10-8-20-22-13(10)7-11/h1-9H,(H,20,22)(H,18,19,21). The maximum atomic E-state index is 5.92. The first-order chi connectivity index (χ1) is 11.4. The lowest BCUT2D eigenvalue weighted by Crippen LogP contribution is -1.94. The van der Waals surface area contributed by atoms with Crippen molar-refractivity contribution in [2.24, 2.45) is 0 Å². The van der Waals surface area contributed by atoms with Gasteiger partial charge in [0.25, 0.3) is 0 Å². The fourth-order valence-corrected chi connectivity index (χ4v) is 2.76. The largest absolute Gasteiger partial charge is 0.450 e. The minimum absolute atomic E-state index is 0.644. The van der Waals surface area contributed by atoms with Gasteiger partial charge in [-0.25, -0.2) is 9.97 Å². The number of nitrogens with zero attached hydrogens (tertiary/aromatic N) is 3. The van der Waals surface area contributed by atoms with E-state index in [9.17, 15) is 0 Å². The number of hydrogen-bond acceptors (Lipinski definition) is 5. The Kier molecular flexibility index (Phi) is 2.40. The number of nitrogens with one attached hydrogen (secondary N) is 2. The minimum atomic E-state index is 0.644. The van der Waals surface area contributed by atoms with Crippen LogP contribution in [0.3, 0.4) is 0 Å². The van der Waals surface area contributed by atoms with Crippen LogP contribution in [0, 0.1) is 0 Å². The molecule has 0 amide bonds. The molecule has 0 aliphatic rings. The second kappa shape index (κ2) is 4.54. The SMILES string of the molecule is c1ccc2c(c1)oc1c(Nc3ccc4cn[nH]c4c3)ncnc12. The smallest absolute Gasteiger partial charge is 0.196 e. The molecule has 23 heavy (non-hydrogen) atoms. The van der Waals surface area contributed by atoms with Crippen LogP contribution in [0.4, 0.5) is 11.5 Å². The second-order valence-corrected chi connectivity index (χ2v) is 5.30. The summed E-state index contributed by atoms with van der Waals surface area (Å²) in [4.78, 5) is 8.68. The van der Waals surface area contributed by atoms with Crippen molar-refractivity contribution in [1.29, 1.82) is 0 Å². The Balaban J connectivity index is 1.67. The van der Waals surface area contributed by atoms with E-state index in [4.69, 9.17) is 4.42 Å². The van der Waals surface area contributed by atoms with Crippen LogP contribution in [0.15, 0.2) is 59.4 Å². The molecule has 0 radical (unpaired) electrons. The zero-order valence-corrected chi connectivity index (χ0v) is 11.9. The van der Waals surface area contributed by atoms with Gasteiger partial charge in [-0.05, 0) is 30.3 Å². The number of aromatic amines is 1. The molecule has 0 unspecified atom stereocenters. The van der Waals surface area contributed by atoms with Crippen molar-refractivity contribution in [3.63, 3.8) is 0 Å². The molecular formula is C17H11N5O. The fourth-order valence-electron chi connectivity index (χ4n) is 2.76. The van der Waals surface area contributed by atoms with E-state index in [0.29, 0.717) is 11.4 Å². The van der Waals surface area contributed by atoms with Gasteiger partial charge in [-0.2, -0.15) is 5.10 Å². The molecule has 6 nitrogen and oxygen atoms in total. The normalized spacial score (nSPS) is 11.5. The van der Waals surface area contributed by atoms with E-state index in [1.807, 2.05) is 42.5 Å². The summed E-state index contributed by atoms with van der Waals surface area (Å²) in [6.07, 6.45) is 3.34. The number of aromatic nitrogens is 4. The molecule has 3 heterocycles. The van der Waals surface area contributed by atoms with Crippen molar-refractivity contribution in [2.75, 3.05) is 5.32 Å². The van der Waals surface area contributed by atoms with Gasteiger partial charge in [-0.15, -0.1) is 0 Å². The highest BCUT2D eigenvalue weighted by Gasteiger charge is 2.13. The Bertz CT molecular complexity index is 1160. The van der Waals surface area contributed by atoms with Gasteiger partial charge in [0.2, 0.25) is 0 Å². The third kappa shape index (κ3) is 1.85. The van der Waals surface area contributed by atoms with Crippen LogP contribution in [-0.2, 0) is 0 Å². The van der Waals surface area contributed by atoms with E-state index >= 15 is 0 Å². The molecule has 3 aromatic heterocycles. The Labute approximate surface area is 130 Å². The molecule has 0 atom stereocenters. The molecule has 0 spiro atoms. The fraction of sp³-hybridized carbons (Fsp3) is 0. The van der Waals surface area contributed by atoms with E-state index in [1.54, 1.807) is 12.5 Å². The summed E-state index contributed by atoms with van der Waals surface area (Å²) >= 11 is 0. The van der Waals surface area contributed by atoms with Crippen LogP contribution in [0.2, 0.25) is 0 Å². The number of anilines is 2. The lowest BCUT2D eigenvalue weighted by molar-refractivity contribution is 0.667. The third-order valence-corrected chi connectivity index (χ3v) is 3.86. The number of benzene rings is 2. The molecule has 110 valence electrons. The van der Waals surface area contributed by atoms with E-state index in [1.165, 1.54) is 0 Å². The predicted octanol–water partition coefficient (Wildman–Crippen LogP) is 4.00. The number of para-hydroxylation sites is 1. The Hall–Kier alpha value is -3.41. The molecule has 0 aliphatic carbocycles. The first-order valence-electron chi connectivity index (χ1n) is 7.21. The highest BCUT2D eigenvalue weighted by Crippen LogP contribution is 2.31. The van der Waals surface area contributed by atoms with E-state index in [2.05, 4.69) is 25.5 Å². The molecule has 5 aromatic rings. The highest BCUT2D eigenvalue weighted by atomic mass is 16.3. The quantitative estimate of drug-likeness (QED) is 0.515. The summed E-state index contributed by atoms with van der Waals surface area (Å²) in [6, 6.07) is 13.8. The lowest BCUT2D eigenvalue weighted by Gasteiger charge is -2.05. The molecule has 0 bridgehead atoms. The summed E-state index contributed by atoms with van der Waals surface area (Å²) in [5.74, 6) is 0.644. The third-order valence-electron chi connectivity index (χ3n) is 3.86. The van der Waals surface area contributed by atoms with Crippen molar-refractivity contribution < 1.29 is 4.42 Å². The van der Waals surface area contributed by atoms with Crippen LogP contribution in [0.25, 0.3) is 33.0 Å². The Morgan fingerprint density at radius 3 is 3.00 bits per heavy atom. The van der Waals surface area contributed by atoms with Crippen LogP contribution < -0.4 is 5.32 Å².